The molecule has 1 amide bonds. The van der Waals surface area contributed by atoms with E-state index >= 15 is 0 Å². The molecular weight excluding hydrogens is 362 g/mol. The van der Waals surface area contributed by atoms with Crippen LogP contribution < -0.4 is 10.6 Å². The Labute approximate surface area is 159 Å². The number of hydrogen-bond acceptors (Lipinski definition) is 6. The van der Waals surface area contributed by atoms with Crippen molar-refractivity contribution in [2.75, 3.05) is 10.6 Å². The number of anilines is 3. The summed E-state index contributed by atoms with van der Waals surface area (Å²) in [5.41, 5.74) is 2.58. The summed E-state index contributed by atoms with van der Waals surface area (Å²) < 4.78 is 0. The standard InChI is InChI=1S/C20H15N3O3S/c1-11-6-5-9-13-16(11)22-18(25)14(17(13)24)10-15-19(26)23-20(27-15)21-12-7-3-2-4-8-12/h2-10,26H,1H3,(H,21,23)(H,22,25). The van der Waals surface area contributed by atoms with E-state index in [-0.39, 0.29) is 17.2 Å². The smallest absolute Gasteiger partial charge is 0.259 e. The molecule has 4 rings (SSSR count). The van der Waals surface area contributed by atoms with Crippen molar-refractivity contribution in [2.45, 2.75) is 6.92 Å². The minimum absolute atomic E-state index is 0.0293. The Bertz CT molecular complexity index is 1090. The van der Waals surface area contributed by atoms with Gasteiger partial charge in [-0.25, -0.2) is 0 Å². The van der Waals surface area contributed by atoms with Gasteiger partial charge in [0.15, 0.2) is 5.13 Å². The first-order valence-electron chi connectivity index (χ1n) is 8.22. The van der Waals surface area contributed by atoms with Crippen molar-refractivity contribution in [2.24, 2.45) is 0 Å². The summed E-state index contributed by atoms with van der Waals surface area (Å²) in [6.45, 7) is 1.83. The Morgan fingerprint density at radius 2 is 1.89 bits per heavy atom. The summed E-state index contributed by atoms with van der Waals surface area (Å²) in [6, 6.07) is 14.7. The molecule has 6 nitrogen and oxygen atoms in total. The van der Waals surface area contributed by atoms with Crippen LogP contribution in [0, 0.1) is 6.92 Å². The van der Waals surface area contributed by atoms with Crippen molar-refractivity contribution in [3.63, 3.8) is 0 Å². The van der Waals surface area contributed by atoms with E-state index in [1.165, 1.54) is 6.08 Å². The van der Waals surface area contributed by atoms with Gasteiger partial charge in [-0.05, 0) is 36.8 Å². The number of aromatic hydroxyl groups is 1. The number of Topliss-reactive ketones (excluding diaryl/α,β-unsaturated/α-hetero) is 1. The van der Waals surface area contributed by atoms with Crippen LogP contribution in [-0.4, -0.2) is 21.8 Å². The first kappa shape index (κ1) is 17.0. The van der Waals surface area contributed by atoms with Gasteiger partial charge in [-0.2, -0.15) is 4.98 Å². The second-order valence-electron chi connectivity index (χ2n) is 6.04. The van der Waals surface area contributed by atoms with Gasteiger partial charge in [0.2, 0.25) is 11.7 Å². The molecule has 0 saturated carbocycles. The third-order valence-corrected chi connectivity index (χ3v) is 5.09. The van der Waals surface area contributed by atoms with Crippen LogP contribution in [0.2, 0.25) is 0 Å². The van der Waals surface area contributed by atoms with Crippen LogP contribution in [0.1, 0.15) is 20.8 Å². The number of nitrogens with zero attached hydrogens (tertiary/aromatic N) is 1. The topological polar surface area (TPSA) is 91.3 Å². The van der Waals surface area contributed by atoms with Crippen molar-refractivity contribution in [1.82, 2.24) is 4.98 Å². The van der Waals surface area contributed by atoms with Crippen LogP contribution in [0.5, 0.6) is 5.88 Å². The average molecular weight is 377 g/mol. The number of amides is 1. The van der Waals surface area contributed by atoms with E-state index in [0.29, 0.717) is 21.3 Å². The van der Waals surface area contributed by atoms with Crippen LogP contribution in [0.15, 0.2) is 54.1 Å². The number of carbonyl (C=O) groups excluding carboxylic acids is 2. The highest BCUT2D eigenvalue weighted by atomic mass is 32.1. The second-order valence-corrected chi connectivity index (χ2v) is 7.07. The Kier molecular flexibility index (Phi) is 4.21. The Morgan fingerprint density at radius 1 is 1.11 bits per heavy atom. The number of fused-ring (bicyclic) bond motifs is 1. The molecule has 0 aliphatic carbocycles. The van der Waals surface area contributed by atoms with Crippen molar-refractivity contribution in [3.05, 3.63) is 70.1 Å². The highest BCUT2D eigenvalue weighted by molar-refractivity contribution is 7.16. The number of aromatic nitrogens is 1. The normalized spacial score (nSPS) is 14.8. The van der Waals surface area contributed by atoms with Crippen LogP contribution in [0.3, 0.4) is 0 Å². The molecule has 2 aromatic carbocycles. The largest absolute Gasteiger partial charge is 0.492 e. The molecule has 2 heterocycles. The lowest BCUT2D eigenvalue weighted by Crippen LogP contribution is -2.28. The number of nitrogens with one attached hydrogen (secondary N) is 2. The fraction of sp³-hybridized carbons (Fsp3) is 0.0500. The monoisotopic (exact) mass is 377 g/mol. The molecule has 0 bridgehead atoms. The number of thiazole rings is 1. The van der Waals surface area contributed by atoms with Gasteiger partial charge in [-0.3, -0.25) is 9.59 Å². The maximum atomic E-state index is 12.8. The van der Waals surface area contributed by atoms with Crippen LogP contribution in [-0.2, 0) is 4.79 Å². The van der Waals surface area contributed by atoms with Gasteiger partial charge in [0, 0.05) is 11.3 Å². The molecule has 0 unspecified atom stereocenters. The fourth-order valence-corrected chi connectivity index (χ4v) is 3.65. The van der Waals surface area contributed by atoms with Crippen molar-refractivity contribution >= 4 is 45.6 Å². The summed E-state index contributed by atoms with van der Waals surface area (Å²) in [6.07, 6.45) is 1.38. The molecule has 0 saturated heterocycles. The summed E-state index contributed by atoms with van der Waals surface area (Å²) in [4.78, 5) is 29.6. The lowest BCUT2D eigenvalue weighted by Gasteiger charge is -2.19. The minimum atomic E-state index is -0.493. The highest BCUT2D eigenvalue weighted by Crippen LogP contribution is 2.34. The number of rotatable bonds is 3. The number of carbonyl (C=O) groups is 2. The first-order valence-corrected chi connectivity index (χ1v) is 9.04. The number of para-hydroxylation sites is 2. The van der Waals surface area contributed by atoms with Crippen LogP contribution in [0.4, 0.5) is 16.5 Å². The average Bonchev–Trinajstić information content (AvgIpc) is 2.99. The molecule has 3 aromatic rings. The van der Waals surface area contributed by atoms with Crippen molar-refractivity contribution in [3.8, 4) is 5.88 Å². The molecule has 7 heteroatoms. The van der Waals surface area contributed by atoms with Crippen LogP contribution >= 0.6 is 11.3 Å². The predicted octanol–water partition coefficient (Wildman–Crippen LogP) is 4.12. The molecule has 1 aliphatic heterocycles. The van der Waals surface area contributed by atoms with Gasteiger partial charge >= 0.3 is 0 Å². The van der Waals surface area contributed by atoms with E-state index < -0.39 is 5.91 Å². The van der Waals surface area contributed by atoms with E-state index in [1.807, 2.05) is 43.3 Å². The summed E-state index contributed by atoms with van der Waals surface area (Å²) in [7, 11) is 0. The zero-order valence-corrected chi connectivity index (χ0v) is 15.1. The predicted molar refractivity (Wildman–Crippen MR) is 106 cm³/mol. The highest BCUT2D eigenvalue weighted by Gasteiger charge is 2.29. The molecule has 134 valence electrons. The summed E-state index contributed by atoms with van der Waals surface area (Å²) in [5, 5.41) is 16.4. The van der Waals surface area contributed by atoms with Crippen molar-refractivity contribution in [1.29, 1.82) is 0 Å². The zero-order valence-electron chi connectivity index (χ0n) is 14.3. The van der Waals surface area contributed by atoms with Gasteiger partial charge in [0.05, 0.1) is 16.1 Å². The minimum Gasteiger partial charge on any atom is -0.492 e. The number of aryl methyl sites for hydroxylation is 1. The second kappa shape index (κ2) is 6.69. The number of ketones is 1. The molecular formula is C20H15N3O3S. The third kappa shape index (κ3) is 3.20. The quantitative estimate of drug-likeness (QED) is 0.472. The number of hydrogen-bond donors (Lipinski definition) is 3. The van der Waals surface area contributed by atoms with Crippen molar-refractivity contribution < 1.29 is 14.7 Å². The maximum absolute atomic E-state index is 12.8. The lowest BCUT2D eigenvalue weighted by molar-refractivity contribution is -0.112. The van der Waals surface area contributed by atoms with Gasteiger partial charge in [0.1, 0.15) is 0 Å². The lowest BCUT2D eigenvalue weighted by atomic mass is 9.94. The van der Waals surface area contributed by atoms with E-state index in [1.54, 1.807) is 12.1 Å². The maximum Gasteiger partial charge on any atom is 0.259 e. The first-order chi connectivity index (χ1) is 13.0. The van der Waals surface area contributed by atoms with Crippen LogP contribution in [0.25, 0.3) is 6.08 Å². The zero-order chi connectivity index (χ0) is 19.0. The summed E-state index contributed by atoms with van der Waals surface area (Å²) >= 11 is 1.16. The molecule has 27 heavy (non-hydrogen) atoms. The SMILES string of the molecule is Cc1cccc2c1NC(=O)C(=Cc1sc(Nc3ccccc3)nc1O)C2=O. The molecule has 0 radical (unpaired) electrons. The molecule has 0 atom stereocenters. The van der Waals surface area contributed by atoms with Gasteiger partial charge in [-0.15, -0.1) is 0 Å². The third-order valence-electron chi connectivity index (χ3n) is 4.18. The molecule has 0 spiro atoms. The Balaban J connectivity index is 1.67. The van der Waals surface area contributed by atoms with E-state index in [4.69, 9.17) is 0 Å². The van der Waals surface area contributed by atoms with Gasteiger partial charge in [-0.1, -0.05) is 41.7 Å². The summed E-state index contributed by atoms with van der Waals surface area (Å²) in [5.74, 6) is -1.10. The number of benzene rings is 2. The van der Waals surface area contributed by atoms with Gasteiger partial charge in [0.25, 0.3) is 5.91 Å². The van der Waals surface area contributed by atoms with Gasteiger partial charge < -0.3 is 15.7 Å². The van der Waals surface area contributed by atoms with E-state index in [9.17, 15) is 14.7 Å². The molecule has 3 N–H and O–H groups in total. The fourth-order valence-electron chi connectivity index (χ4n) is 2.83. The Hall–Kier alpha value is -3.45. The van der Waals surface area contributed by atoms with E-state index in [0.717, 1.165) is 22.6 Å². The van der Waals surface area contributed by atoms with E-state index in [2.05, 4.69) is 15.6 Å². The molecule has 1 aromatic heterocycles. The Morgan fingerprint density at radius 3 is 2.67 bits per heavy atom. The molecule has 0 fully saturated rings. The molecule has 1 aliphatic rings.